The number of amides is 2. The van der Waals surface area contributed by atoms with Gasteiger partial charge in [0.25, 0.3) is 0 Å². The second-order valence-corrected chi connectivity index (χ2v) is 5.78. The number of carbonyl (C=O) groups excluding carboxylic acids is 2. The zero-order chi connectivity index (χ0) is 15.2. The van der Waals surface area contributed by atoms with Gasteiger partial charge < -0.3 is 10.2 Å². The number of likely N-dealkylation sites (tertiary alicyclic amines) is 1. The minimum Gasteiger partial charge on any atom is -0.343 e. The lowest BCUT2D eigenvalue weighted by atomic mass is 9.97. The zero-order valence-electron chi connectivity index (χ0n) is 11.6. The molecule has 0 spiro atoms. The van der Waals surface area contributed by atoms with Crippen molar-refractivity contribution < 1.29 is 9.59 Å². The first-order valence-electron chi connectivity index (χ1n) is 6.75. The normalized spacial score (nSPS) is 18.1. The van der Waals surface area contributed by atoms with Crippen molar-refractivity contribution in [1.82, 2.24) is 20.2 Å². The molecule has 1 saturated heterocycles. The Bertz CT molecular complexity index is 532. The summed E-state index contributed by atoms with van der Waals surface area (Å²) in [4.78, 5) is 33.5. The second kappa shape index (κ2) is 7.31. The van der Waals surface area contributed by atoms with Crippen molar-refractivity contribution in [3.63, 3.8) is 0 Å². The first kappa shape index (κ1) is 15.6. The highest BCUT2D eigenvalue weighted by Gasteiger charge is 2.26. The van der Waals surface area contributed by atoms with Crippen LogP contribution in [0.2, 0.25) is 0 Å². The van der Waals surface area contributed by atoms with E-state index in [2.05, 4.69) is 37.8 Å². The van der Waals surface area contributed by atoms with Gasteiger partial charge in [0.05, 0.1) is 11.0 Å². The summed E-state index contributed by atoms with van der Waals surface area (Å²) in [6, 6.07) is 0. The fraction of sp³-hybridized carbons (Fsp3) is 0.429. The predicted molar refractivity (Wildman–Crippen MR) is 81.5 cm³/mol. The molecule has 6 nitrogen and oxygen atoms in total. The molecule has 0 bridgehead atoms. The van der Waals surface area contributed by atoms with Gasteiger partial charge in [0, 0.05) is 31.4 Å². The fourth-order valence-corrected chi connectivity index (χ4v) is 2.50. The molecule has 2 amide bonds. The van der Waals surface area contributed by atoms with Gasteiger partial charge in [-0.2, -0.15) is 0 Å². The maximum absolute atomic E-state index is 12.1. The van der Waals surface area contributed by atoms with Crippen molar-refractivity contribution in [2.24, 2.45) is 0 Å². The third-order valence-electron chi connectivity index (χ3n) is 3.38. The third-order valence-corrected chi connectivity index (χ3v) is 3.79. The quantitative estimate of drug-likeness (QED) is 0.827. The molecule has 1 N–H and O–H groups in total. The van der Waals surface area contributed by atoms with Crippen LogP contribution in [-0.4, -0.2) is 46.3 Å². The van der Waals surface area contributed by atoms with Crippen molar-refractivity contribution in [3.8, 4) is 0 Å². The Morgan fingerprint density at radius 3 is 2.86 bits per heavy atom. The minimum atomic E-state index is -0.340. The molecule has 1 aromatic rings. The number of nitrogens with one attached hydrogen (secondary N) is 1. The molecule has 7 heteroatoms. The molecule has 2 rings (SSSR count). The van der Waals surface area contributed by atoms with Crippen molar-refractivity contribution in [1.29, 1.82) is 0 Å². The zero-order valence-corrected chi connectivity index (χ0v) is 13.2. The van der Waals surface area contributed by atoms with E-state index in [9.17, 15) is 9.59 Å². The lowest BCUT2D eigenvalue weighted by molar-refractivity contribution is -0.133. The van der Waals surface area contributed by atoms with Gasteiger partial charge in [-0.3, -0.25) is 9.59 Å². The summed E-state index contributed by atoms with van der Waals surface area (Å²) in [6.45, 7) is 4.64. The van der Waals surface area contributed by atoms with Crippen LogP contribution in [0.3, 0.4) is 0 Å². The highest BCUT2D eigenvalue weighted by Crippen LogP contribution is 2.24. The van der Waals surface area contributed by atoms with Gasteiger partial charge in [0.1, 0.15) is 5.82 Å². The maximum atomic E-state index is 12.1. The van der Waals surface area contributed by atoms with Gasteiger partial charge in [0.15, 0.2) is 0 Å². The number of nitrogens with zero attached hydrogens (tertiary/aromatic N) is 3. The molecule has 1 unspecified atom stereocenters. The molecule has 1 aromatic heterocycles. The highest BCUT2D eigenvalue weighted by atomic mass is 79.9. The largest absolute Gasteiger partial charge is 0.343 e. The van der Waals surface area contributed by atoms with Gasteiger partial charge >= 0.3 is 0 Å². The average molecular weight is 353 g/mol. The van der Waals surface area contributed by atoms with E-state index >= 15 is 0 Å². The van der Waals surface area contributed by atoms with E-state index in [1.807, 2.05) is 0 Å². The van der Waals surface area contributed by atoms with Crippen molar-refractivity contribution in [2.75, 3.05) is 19.6 Å². The van der Waals surface area contributed by atoms with Gasteiger partial charge in [-0.25, -0.2) is 9.97 Å². The Hall–Kier alpha value is -1.76. The van der Waals surface area contributed by atoms with E-state index in [1.165, 1.54) is 0 Å². The average Bonchev–Trinajstić information content (AvgIpc) is 2.53. The summed E-state index contributed by atoms with van der Waals surface area (Å²) in [6.07, 6.45) is 6.46. The Balaban J connectivity index is 1.93. The van der Waals surface area contributed by atoms with Gasteiger partial charge in [-0.1, -0.05) is 6.58 Å². The number of hydrogen-bond donors (Lipinski definition) is 1. The van der Waals surface area contributed by atoms with Crippen LogP contribution >= 0.6 is 15.9 Å². The van der Waals surface area contributed by atoms with Crippen molar-refractivity contribution in [3.05, 3.63) is 35.3 Å². The molecule has 0 radical (unpaired) electrons. The summed E-state index contributed by atoms with van der Waals surface area (Å²) in [7, 11) is 0. The molecule has 1 fully saturated rings. The molecule has 2 heterocycles. The number of rotatable bonds is 4. The topological polar surface area (TPSA) is 75.2 Å². The van der Waals surface area contributed by atoms with E-state index in [0.717, 1.165) is 29.2 Å². The van der Waals surface area contributed by atoms with Crippen LogP contribution in [0.25, 0.3) is 0 Å². The van der Waals surface area contributed by atoms with E-state index in [1.54, 1.807) is 17.3 Å². The molecule has 112 valence electrons. The number of aromatic nitrogens is 2. The summed E-state index contributed by atoms with van der Waals surface area (Å²) in [5.74, 6) is 0.469. The van der Waals surface area contributed by atoms with Gasteiger partial charge in [-0.15, -0.1) is 0 Å². The molecule has 0 aliphatic carbocycles. The summed E-state index contributed by atoms with van der Waals surface area (Å²) in [5.41, 5.74) is 0. The summed E-state index contributed by atoms with van der Waals surface area (Å²) < 4.78 is 0.835. The Labute approximate surface area is 131 Å². The summed E-state index contributed by atoms with van der Waals surface area (Å²) in [5, 5.41) is 2.51. The van der Waals surface area contributed by atoms with Gasteiger partial charge in [0.2, 0.25) is 11.8 Å². The molecule has 1 atom stereocenters. The standard InChI is InChI=1S/C14H17BrN4O2/c1-2-12(20)16-8-13(21)19-5-3-4-10(9-19)14-17-6-11(15)7-18-14/h2,6-7,10H,1,3-5,8-9H2,(H,16,20). The van der Waals surface area contributed by atoms with Crippen LogP contribution in [0.1, 0.15) is 24.6 Å². The van der Waals surface area contributed by atoms with Crippen molar-refractivity contribution >= 4 is 27.7 Å². The fourth-order valence-electron chi connectivity index (χ4n) is 2.29. The van der Waals surface area contributed by atoms with Crippen LogP contribution in [0.4, 0.5) is 0 Å². The molecule has 1 aliphatic heterocycles. The van der Waals surface area contributed by atoms with E-state index in [4.69, 9.17) is 0 Å². The molecule has 0 aromatic carbocycles. The van der Waals surface area contributed by atoms with Gasteiger partial charge in [-0.05, 0) is 34.8 Å². The first-order valence-corrected chi connectivity index (χ1v) is 7.55. The van der Waals surface area contributed by atoms with Crippen molar-refractivity contribution in [2.45, 2.75) is 18.8 Å². The molecule has 21 heavy (non-hydrogen) atoms. The first-order chi connectivity index (χ1) is 10.1. The van der Waals surface area contributed by atoms with Crippen LogP contribution in [0, 0.1) is 0 Å². The van der Waals surface area contributed by atoms with E-state index < -0.39 is 0 Å². The molecular formula is C14H17BrN4O2. The van der Waals surface area contributed by atoms with Crippen LogP contribution in [0.5, 0.6) is 0 Å². The third kappa shape index (κ3) is 4.35. The number of hydrogen-bond acceptors (Lipinski definition) is 4. The van der Waals surface area contributed by atoms with Crippen LogP contribution < -0.4 is 5.32 Å². The SMILES string of the molecule is C=CC(=O)NCC(=O)N1CCCC(c2ncc(Br)cn2)C1. The number of halogens is 1. The maximum Gasteiger partial charge on any atom is 0.243 e. The van der Waals surface area contributed by atoms with E-state index in [0.29, 0.717) is 13.1 Å². The minimum absolute atomic E-state index is 0.00122. The Morgan fingerprint density at radius 1 is 1.48 bits per heavy atom. The second-order valence-electron chi connectivity index (χ2n) is 4.86. The monoisotopic (exact) mass is 352 g/mol. The number of carbonyl (C=O) groups is 2. The van der Waals surface area contributed by atoms with Crippen LogP contribution in [0.15, 0.2) is 29.5 Å². The number of piperidine rings is 1. The lowest BCUT2D eigenvalue weighted by Gasteiger charge is -2.32. The summed E-state index contributed by atoms with van der Waals surface area (Å²) >= 11 is 3.31. The Kier molecular flexibility index (Phi) is 5.44. The molecular weight excluding hydrogens is 336 g/mol. The lowest BCUT2D eigenvalue weighted by Crippen LogP contribution is -2.44. The van der Waals surface area contributed by atoms with Crippen LogP contribution in [-0.2, 0) is 9.59 Å². The molecule has 1 aliphatic rings. The molecule has 0 saturated carbocycles. The highest BCUT2D eigenvalue weighted by molar-refractivity contribution is 9.10. The smallest absolute Gasteiger partial charge is 0.243 e. The van der Waals surface area contributed by atoms with E-state index in [-0.39, 0.29) is 24.3 Å². The predicted octanol–water partition coefficient (Wildman–Crippen LogP) is 1.25. The Morgan fingerprint density at radius 2 is 2.19 bits per heavy atom.